The lowest BCUT2D eigenvalue weighted by atomic mass is 10.1. The smallest absolute Gasteiger partial charge is 0.267 e. The fourth-order valence-corrected chi connectivity index (χ4v) is 4.74. The van der Waals surface area contributed by atoms with E-state index >= 15 is 0 Å². The van der Waals surface area contributed by atoms with Crippen molar-refractivity contribution in [2.75, 3.05) is 22.8 Å². The van der Waals surface area contributed by atoms with Gasteiger partial charge in [0.15, 0.2) is 10.7 Å². The molecule has 0 unspecified atom stereocenters. The summed E-state index contributed by atoms with van der Waals surface area (Å²) >= 11 is 0. The van der Waals surface area contributed by atoms with Crippen molar-refractivity contribution in [3.05, 3.63) is 35.7 Å². The van der Waals surface area contributed by atoms with Crippen molar-refractivity contribution in [2.45, 2.75) is 44.6 Å². The summed E-state index contributed by atoms with van der Waals surface area (Å²) in [4.78, 5) is 13.9. The van der Waals surface area contributed by atoms with Gasteiger partial charge in [-0.15, -0.1) is 0 Å². The van der Waals surface area contributed by atoms with E-state index in [2.05, 4.69) is 9.88 Å². The highest BCUT2D eigenvalue weighted by Crippen LogP contribution is 2.27. The Morgan fingerprint density at radius 3 is 2.33 bits per heavy atom. The zero-order valence-corrected chi connectivity index (χ0v) is 16.4. The lowest BCUT2D eigenvalue weighted by molar-refractivity contribution is -0.117. The zero-order valence-electron chi connectivity index (χ0n) is 15.6. The molecule has 27 heavy (non-hydrogen) atoms. The van der Waals surface area contributed by atoms with Crippen LogP contribution in [0.1, 0.15) is 31.2 Å². The van der Waals surface area contributed by atoms with E-state index in [0.29, 0.717) is 24.6 Å². The summed E-state index contributed by atoms with van der Waals surface area (Å²) in [5, 5.41) is 3.68. The van der Waals surface area contributed by atoms with Gasteiger partial charge in [0, 0.05) is 37.6 Å². The van der Waals surface area contributed by atoms with Crippen LogP contribution in [-0.2, 0) is 19.6 Å². The van der Waals surface area contributed by atoms with Gasteiger partial charge in [0.2, 0.25) is 5.91 Å². The average molecular weight is 393 g/mol. The predicted molar refractivity (Wildman–Crippen MR) is 100 cm³/mol. The van der Waals surface area contributed by atoms with Crippen LogP contribution in [0.5, 0.6) is 0 Å². The second kappa shape index (κ2) is 7.69. The molecule has 3 rings (SSSR count). The van der Waals surface area contributed by atoms with E-state index in [0.717, 1.165) is 18.5 Å². The van der Waals surface area contributed by atoms with Gasteiger partial charge in [0.25, 0.3) is 10.0 Å². The third-order valence-corrected chi connectivity index (χ3v) is 6.15. The Bertz CT molecular complexity index is 895. The summed E-state index contributed by atoms with van der Waals surface area (Å²) < 4.78 is 38.0. The SMILES string of the molecule is CC(=O)N(c1ccc(NS(=O)(=O)c2c(C)noc2C)cc1)C1CCOCC1. The normalized spacial score (nSPS) is 15.5. The molecule has 0 radical (unpaired) electrons. The van der Waals surface area contributed by atoms with Crippen molar-refractivity contribution in [3.63, 3.8) is 0 Å². The minimum absolute atomic E-state index is 0.0409. The Balaban J connectivity index is 1.81. The molecule has 1 saturated heterocycles. The Hall–Kier alpha value is -2.39. The third kappa shape index (κ3) is 4.14. The maximum absolute atomic E-state index is 12.6. The number of hydrogen-bond acceptors (Lipinski definition) is 6. The van der Waals surface area contributed by atoms with Crippen LogP contribution >= 0.6 is 0 Å². The van der Waals surface area contributed by atoms with Gasteiger partial charge in [-0.1, -0.05) is 5.16 Å². The lowest BCUT2D eigenvalue weighted by Gasteiger charge is -2.33. The topological polar surface area (TPSA) is 102 Å². The van der Waals surface area contributed by atoms with Crippen LogP contribution in [0, 0.1) is 13.8 Å². The van der Waals surface area contributed by atoms with E-state index in [1.807, 2.05) is 0 Å². The van der Waals surface area contributed by atoms with E-state index in [4.69, 9.17) is 9.26 Å². The molecule has 2 heterocycles. The van der Waals surface area contributed by atoms with Gasteiger partial charge in [-0.3, -0.25) is 9.52 Å². The van der Waals surface area contributed by atoms with Crippen LogP contribution in [0.25, 0.3) is 0 Å². The molecule has 1 aliphatic rings. The first-order chi connectivity index (χ1) is 12.8. The number of anilines is 2. The van der Waals surface area contributed by atoms with Gasteiger partial charge in [-0.2, -0.15) is 0 Å². The number of hydrogen-bond donors (Lipinski definition) is 1. The van der Waals surface area contributed by atoms with Crippen molar-refractivity contribution >= 4 is 27.3 Å². The largest absolute Gasteiger partial charge is 0.381 e. The van der Waals surface area contributed by atoms with Gasteiger partial charge in [0.05, 0.1) is 0 Å². The first-order valence-electron chi connectivity index (χ1n) is 8.73. The predicted octanol–water partition coefficient (Wildman–Crippen LogP) is 2.62. The number of nitrogens with one attached hydrogen (secondary N) is 1. The molecule has 0 spiro atoms. The number of sulfonamides is 1. The molecule has 146 valence electrons. The number of carbonyl (C=O) groups is 1. The number of carbonyl (C=O) groups excluding carboxylic acids is 1. The maximum Gasteiger partial charge on any atom is 0.267 e. The summed E-state index contributed by atoms with van der Waals surface area (Å²) in [5.41, 5.74) is 1.43. The van der Waals surface area contributed by atoms with Crippen LogP contribution in [0.3, 0.4) is 0 Å². The highest BCUT2D eigenvalue weighted by atomic mass is 32.2. The number of aromatic nitrogens is 1. The van der Waals surface area contributed by atoms with E-state index in [-0.39, 0.29) is 22.6 Å². The Labute approximate surface area is 158 Å². The molecular formula is C18H23N3O5S. The van der Waals surface area contributed by atoms with E-state index < -0.39 is 10.0 Å². The highest BCUT2D eigenvalue weighted by Gasteiger charge is 2.26. The van der Waals surface area contributed by atoms with Gasteiger partial charge in [0.1, 0.15) is 5.69 Å². The average Bonchev–Trinajstić information content (AvgIpc) is 2.96. The number of aryl methyl sites for hydroxylation is 2. The molecule has 0 aliphatic carbocycles. The molecule has 1 aromatic heterocycles. The van der Waals surface area contributed by atoms with E-state index in [1.165, 1.54) is 6.92 Å². The van der Waals surface area contributed by atoms with Gasteiger partial charge < -0.3 is 14.2 Å². The first-order valence-corrected chi connectivity index (χ1v) is 10.2. The second-order valence-corrected chi connectivity index (χ2v) is 8.16. The van der Waals surface area contributed by atoms with Crippen LogP contribution in [0.15, 0.2) is 33.7 Å². The van der Waals surface area contributed by atoms with Crippen molar-refractivity contribution in [2.24, 2.45) is 0 Å². The van der Waals surface area contributed by atoms with E-state index in [9.17, 15) is 13.2 Å². The minimum atomic E-state index is -3.80. The molecule has 2 aromatic rings. The Morgan fingerprint density at radius 1 is 1.19 bits per heavy atom. The van der Waals surface area contributed by atoms with Crippen molar-refractivity contribution in [1.29, 1.82) is 0 Å². The van der Waals surface area contributed by atoms with Crippen molar-refractivity contribution in [1.82, 2.24) is 5.16 Å². The van der Waals surface area contributed by atoms with Crippen molar-refractivity contribution in [3.8, 4) is 0 Å². The number of benzene rings is 1. The van der Waals surface area contributed by atoms with E-state index in [1.54, 1.807) is 43.0 Å². The maximum atomic E-state index is 12.6. The molecule has 1 amide bonds. The summed E-state index contributed by atoms with van der Waals surface area (Å²) in [5.74, 6) is 0.185. The molecule has 0 saturated carbocycles. The summed E-state index contributed by atoms with van der Waals surface area (Å²) in [6.45, 7) is 5.92. The number of nitrogens with zero attached hydrogens (tertiary/aromatic N) is 2. The van der Waals surface area contributed by atoms with Crippen LogP contribution in [0.2, 0.25) is 0 Å². The summed E-state index contributed by atoms with van der Waals surface area (Å²) in [7, 11) is -3.80. The van der Waals surface area contributed by atoms with Crippen LogP contribution in [-0.4, -0.2) is 38.7 Å². The quantitative estimate of drug-likeness (QED) is 0.838. The molecule has 9 heteroatoms. The fourth-order valence-electron chi connectivity index (χ4n) is 3.35. The third-order valence-electron chi connectivity index (χ3n) is 4.53. The summed E-state index contributed by atoms with van der Waals surface area (Å²) in [6, 6.07) is 6.84. The number of amides is 1. The summed E-state index contributed by atoms with van der Waals surface area (Å²) in [6.07, 6.45) is 1.56. The number of ether oxygens (including phenoxy) is 1. The monoisotopic (exact) mass is 393 g/mol. The van der Waals surface area contributed by atoms with Crippen molar-refractivity contribution < 1.29 is 22.5 Å². The minimum Gasteiger partial charge on any atom is -0.381 e. The van der Waals surface area contributed by atoms with Gasteiger partial charge in [-0.05, 0) is 51.0 Å². The molecule has 0 bridgehead atoms. The standard InChI is InChI=1S/C18H23N3O5S/c1-12-18(13(2)26-19-12)27(23,24)20-15-4-6-16(7-5-15)21(14(3)22)17-8-10-25-11-9-17/h4-7,17,20H,8-11H2,1-3H3. The van der Waals surface area contributed by atoms with Crippen LogP contribution in [0.4, 0.5) is 11.4 Å². The fraction of sp³-hybridized carbons (Fsp3) is 0.444. The Morgan fingerprint density at radius 2 is 1.81 bits per heavy atom. The lowest BCUT2D eigenvalue weighted by Crippen LogP contribution is -2.42. The molecule has 1 N–H and O–H groups in total. The first kappa shape index (κ1) is 19.4. The van der Waals surface area contributed by atoms with Crippen LogP contribution < -0.4 is 9.62 Å². The molecule has 8 nitrogen and oxygen atoms in total. The number of rotatable bonds is 5. The molecule has 1 fully saturated rings. The zero-order chi connectivity index (χ0) is 19.6. The van der Waals surface area contributed by atoms with Gasteiger partial charge >= 0.3 is 0 Å². The highest BCUT2D eigenvalue weighted by molar-refractivity contribution is 7.92. The Kier molecular flexibility index (Phi) is 5.52. The molecule has 1 aliphatic heterocycles. The second-order valence-electron chi connectivity index (χ2n) is 6.54. The molecule has 1 aromatic carbocycles. The van der Waals surface area contributed by atoms with Gasteiger partial charge in [-0.25, -0.2) is 8.42 Å². The molecular weight excluding hydrogens is 370 g/mol. The molecule has 0 atom stereocenters.